The minimum Gasteiger partial charge on any atom is -0.478 e. The first kappa shape index (κ1) is 11.7. The first-order valence-electron chi connectivity index (χ1n) is 6.24. The van der Waals surface area contributed by atoms with Crippen LogP contribution in [0, 0.1) is 13.8 Å². The maximum absolute atomic E-state index is 11.5. The van der Waals surface area contributed by atoms with Crippen LogP contribution in [0.2, 0.25) is 0 Å². The molecule has 0 saturated heterocycles. The molecule has 1 N–H and O–H groups in total. The van der Waals surface area contributed by atoms with E-state index in [1.807, 2.05) is 44.2 Å². The van der Waals surface area contributed by atoms with Crippen LogP contribution in [0.5, 0.6) is 0 Å². The Morgan fingerprint density at radius 1 is 0.947 bits per heavy atom. The summed E-state index contributed by atoms with van der Waals surface area (Å²) in [5, 5.41) is 13.5. The summed E-state index contributed by atoms with van der Waals surface area (Å²) in [4.78, 5) is 11.5. The van der Waals surface area contributed by atoms with Crippen LogP contribution in [0.25, 0.3) is 21.5 Å². The molecule has 3 rings (SSSR count). The third kappa shape index (κ3) is 1.76. The molecule has 19 heavy (non-hydrogen) atoms. The molecule has 0 spiro atoms. The monoisotopic (exact) mass is 250 g/mol. The Bertz CT molecular complexity index is 816. The lowest BCUT2D eigenvalue weighted by molar-refractivity contribution is 0.0698. The van der Waals surface area contributed by atoms with Gasteiger partial charge in [0.1, 0.15) is 0 Å². The number of carbonyl (C=O) groups is 1. The molecule has 0 aliphatic rings. The number of aryl methyl sites for hydroxylation is 1. The van der Waals surface area contributed by atoms with Crippen molar-refractivity contribution >= 4 is 27.5 Å². The van der Waals surface area contributed by atoms with E-state index in [1.54, 1.807) is 0 Å². The maximum Gasteiger partial charge on any atom is 0.336 e. The molecular weight excluding hydrogens is 236 g/mol. The molecule has 0 atom stereocenters. The number of rotatable bonds is 1. The van der Waals surface area contributed by atoms with Crippen molar-refractivity contribution in [1.82, 2.24) is 0 Å². The zero-order chi connectivity index (χ0) is 13.6. The number of carboxylic acid groups (broad SMARTS) is 1. The molecular formula is C17H14O2. The molecule has 0 bridgehead atoms. The van der Waals surface area contributed by atoms with Gasteiger partial charge in [-0.1, -0.05) is 30.3 Å². The Hall–Kier alpha value is -2.35. The zero-order valence-corrected chi connectivity index (χ0v) is 10.9. The molecule has 0 heterocycles. The second-order valence-corrected chi connectivity index (χ2v) is 4.92. The molecule has 3 aromatic rings. The zero-order valence-electron chi connectivity index (χ0n) is 10.9. The summed E-state index contributed by atoms with van der Waals surface area (Å²) in [7, 11) is 0. The molecule has 0 aliphatic heterocycles. The van der Waals surface area contributed by atoms with E-state index >= 15 is 0 Å². The summed E-state index contributed by atoms with van der Waals surface area (Å²) in [5.74, 6) is -0.860. The molecule has 94 valence electrons. The minimum atomic E-state index is -0.860. The van der Waals surface area contributed by atoms with E-state index in [4.69, 9.17) is 0 Å². The van der Waals surface area contributed by atoms with Gasteiger partial charge in [0, 0.05) is 0 Å². The summed E-state index contributed by atoms with van der Waals surface area (Å²) in [5.41, 5.74) is 2.27. The van der Waals surface area contributed by atoms with Gasteiger partial charge in [0.2, 0.25) is 0 Å². The molecule has 0 aromatic heterocycles. The Balaban J connectivity index is 2.53. The summed E-state index contributed by atoms with van der Waals surface area (Å²) in [6.07, 6.45) is 0. The van der Waals surface area contributed by atoms with Gasteiger partial charge >= 0.3 is 5.97 Å². The molecule has 0 saturated carbocycles. The van der Waals surface area contributed by atoms with E-state index in [2.05, 4.69) is 12.1 Å². The van der Waals surface area contributed by atoms with Crippen molar-refractivity contribution in [3.8, 4) is 0 Å². The highest BCUT2D eigenvalue weighted by molar-refractivity contribution is 6.09. The van der Waals surface area contributed by atoms with Crippen molar-refractivity contribution in [1.29, 1.82) is 0 Å². The molecule has 2 nitrogen and oxygen atoms in total. The maximum atomic E-state index is 11.5. The molecule has 0 aliphatic carbocycles. The number of hydrogen-bond acceptors (Lipinski definition) is 1. The summed E-state index contributed by atoms with van der Waals surface area (Å²) in [6, 6.07) is 14.1. The first-order valence-corrected chi connectivity index (χ1v) is 6.24. The van der Waals surface area contributed by atoms with E-state index in [1.165, 1.54) is 0 Å². The van der Waals surface area contributed by atoms with Crippen LogP contribution in [0.4, 0.5) is 0 Å². The van der Waals surface area contributed by atoms with Crippen molar-refractivity contribution in [2.75, 3.05) is 0 Å². The van der Waals surface area contributed by atoms with Crippen LogP contribution in [0.3, 0.4) is 0 Å². The van der Waals surface area contributed by atoms with Crippen LogP contribution in [0.1, 0.15) is 21.5 Å². The Kier molecular flexibility index (Phi) is 2.53. The predicted octanol–water partition coefficient (Wildman–Crippen LogP) is 4.31. The van der Waals surface area contributed by atoms with Gasteiger partial charge in [-0.2, -0.15) is 0 Å². The van der Waals surface area contributed by atoms with Crippen molar-refractivity contribution < 1.29 is 9.90 Å². The molecule has 0 unspecified atom stereocenters. The van der Waals surface area contributed by atoms with Crippen LogP contribution >= 0.6 is 0 Å². The smallest absolute Gasteiger partial charge is 0.336 e. The average Bonchev–Trinajstić information content (AvgIpc) is 2.37. The van der Waals surface area contributed by atoms with Gasteiger partial charge in [-0.3, -0.25) is 0 Å². The van der Waals surface area contributed by atoms with Gasteiger partial charge in [0.25, 0.3) is 0 Å². The van der Waals surface area contributed by atoms with Crippen molar-refractivity contribution in [3.05, 3.63) is 59.2 Å². The van der Waals surface area contributed by atoms with Gasteiger partial charge in [-0.05, 0) is 58.7 Å². The topological polar surface area (TPSA) is 37.3 Å². The predicted molar refractivity (Wildman–Crippen MR) is 77.9 cm³/mol. The van der Waals surface area contributed by atoms with Gasteiger partial charge in [0.15, 0.2) is 0 Å². The van der Waals surface area contributed by atoms with Gasteiger partial charge in [-0.15, -0.1) is 0 Å². The minimum absolute atomic E-state index is 0.417. The SMILES string of the molecule is Cc1cc2cc3ccccc3cc2c(C(=O)O)c1C. The molecule has 0 fully saturated rings. The van der Waals surface area contributed by atoms with Crippen molar-refractivity contribution in [3.63, 3.8) is 0 Å². The highest BCUT2D eigenvalue weighted by Gasteiger charge is 2.14. The first-order chi connectivity index (χ1) is 9.08. The van der Waals surface area contributed by atoms with E-state index in [-0.39, 0.29) is 0 Å². The number of carboxylic acids is 1. The standard InChI is InChI=1S/C17H14O2/c1-10-7-14-8-12-5-3-4-6-13(12)9-15(14)16(11(10)2)17(18)19/h3-9H,1-2H3,(H,18,19). The number of benzene rings is 3. The summed E-state index contributed by atoms with van der Waals surface area (Å²) < 4.78 is 0. The number of aromatic carboxylic acids is 1. The third-order valence-electron chi connectivity index (χ3n) is 3.74. The normalized spacial score (nSPS) is 11.1. The lowest BCUT2D eigenvalue weighted by Gasteiger charge is -2.11. The second kappa shape index (κ2) is 4.09. The fourth-order valence-electron chi connectivity index (χ4n) is 2.61. The van der Waals surface area contributed by atoms with Crippen LogP contribution in [-0.4, -0.2) is 11.1 Å². The largest absolute Gasteiger partial charge is 0.478 e. The van der Waals surface area contributed by atoms with E-state index in [9.17, 15) is 9.90 Å². The van der Waals surface area contributed by atoms with Crippen LogP contribution in [0.15, 0.2) is 42.5 Å². The highest BCUT2D eigenvalue weighted by atomic mass is 16.4. The Labute approximate surface area is 111 Å². The van der Waals surface area contributed by atoms with Gasteiger partial charge in [0.05, 0.1) is 5.56 Å². The molecule has 0 amide bonds. The van der Waals surface area contributed by atoms with Crippen molar-refractivity contribution in [2.45, 2.75) is 13.8 Å². The summed E-state index contributed by atoms with van der Waals surface area (Å²) in [6.45, 7) is 3.82. The average molecular weight is 250 g/mol. The van der Waals surface area contributed by atoms with Crippen molar-refractivity contribution in [2.24, 2.45) is 0 Å². The summed E-state index contributed by atoms with van der Waals surface area (Å²) >= 11 is 0. The van der Waals surface area contributed by atoms with Gasteiger partial charge in [-0.25, -0.2) is 4.79 Å². The molecule has 3 aromatic carbocycles. The van der Waals surface area contributed by atoms with Crippen LogP contribution in [-0.2, 0) is 0 Å². The Morgan fingerprint density at radius 3 is 2.21 bits per heavy atom. The van der Waals surface area contributed by atoms with E-state index in [0.29, 0.717) is 5.56 Å². The van der Waals surface area contributed by atoms with E-state index in [0.717, 1.165) is 32.7 Å². The van der Waals surface area contributed by atoms with Gasteiger partial charge < -0.3 is 5.11 Å². The highest BCUT2D eigenvalue weighted by Crippen LogP contribution is 2.29. The lowest BCUT2D eigenvalue weighted by atomic mass is 9.93. The second-order valence-electron chi connectivity index (χ2n) is 4.92. The Morgan fingerprint density at radius 2 is 1.58 bits per heavy atom. The quantitative estimate of drug-likeness (QED) is 0.653. The number of fused-ring (bicyclic) bond motifs is 2. The van der Waals surface area contributed by atoms with E-state index < -0.39 is 5.97 Å². The molecule has 0 radical (unpaired) electrons. The number of hydrogen-bond donors (Lipinski definition) is 1. The molecule has 2 heteroatoms. The van der Waals surface area contributed by atoms with Crippen LogP contribution < -0.4 is 0 Å². The third-order valence-corrected chi connectivity index (χ3v) is 3.74. The lowest BCUT2D eigenvalue weighted by Crippen LogP contribution is -2.02. The fraction of sp³-hybridized carbons (Fsp3) is 0.118. The fourth-order valence-corrected chi connectivity index (χ4v) is 2.61.